The molecule has 0 aliphatic rings. The van der Waals surface area contributed by atoms with E-state index in [1.165, 1.54) is 0 Å². The second-order valence-corrected chi connectivity index (χ2v) is 5.53. The number of likely N-dealkylation sites (N-methyl/N-ethyl adjacent to an activating group) is 2. The molecule has 1 rings (SSSR count). The van der Waals surface area contributed by atoms with Crippen LogP contribution >= 0.6 is 0 Å². The number of nitrogens with one attached hydrogen (secondary N) is 1. The zero-order valence-corrected chi connectivity index (χ0v) is 13.1. The van der Waals surface area contributed by atoms with Gasteiger partial charge in [-0.05, 0) is 53.3 Å². The molecule has 0 aliphatic heterocycles. The van der Waals surface area contributed by atoms with Crippen molar-refractivity contribution in [2.75, 3.05) is 47.8 Å². The highest BCUT2D eigenvalue weighted by Gasteiger charge is 2.31. The lowest BCUT2D eigenvalue weighted by atomic mass is 9.91. The van der Waals surface area contributed by atoms with E-state index in [0.717, 1.165) is 25.1 Å². The van der Waals surface area contributed by atoms with Crippen molar-refractivity contribution in [3.63, 3.8) is 0 Å². The zero-order chi connectivity index (χ0) is 15.0. The third kappa shape index (κ3) is 4.61. The van der Waals surface area contributed by atoms with Gasteiger partial charge in [-0.2, -0.15) is 5.26 Å². The molecule has 4 nitrogen and oxygen atoms in total. The van der Waals surface area contributed by atoms with Crippen LogP contribution < -0.4 is 5.32 Å². The van der Waals surface area contributed by atoms with E-state index in [-0.39, 0.29) is 0 Å². The standard InChI is InChI=1S/C16H26N4/c1-18-16(13-17,15-9-6-5-7-10-15)14-20(4)12-8-11-19(2)3/h5-7,9-10,18H,8,11-12,14H2,1-4H3. The summed E-state index contributed by atoms with van der Waals surface area (Å²) < 4.78 is 0. The normalized spacial score (nSPS) is 14.2. The van der Waals surface area contributed by atoms with E-state index in [0.29, 0.717) is 6.54 Å². The maximum absolute atomic E-state index is 9.65. The molecule has 1 N–H and O–H groups in total. The highest BCUT2D eigenvalue weighted by atomic mass is 15.1. The number of rotatable bonds is 8. The quantitative estimate of drug-likeness (QED) is 0.780. The Labute approximate surface area is 123 Å². The van der Waals surface area contributed by atoms with Crippen LogP contribution in [0.15, 0.2) is 30.3 Å². The number of hydrogen-bond acceptors (Lipinski definition) is 4. The molecule has 0 bridgehead atoms. The number of nitriles is 1. The van der Waals surface area contributed by atoms with Gasteiger partial charge in [0.2, 0.25) is 0 Å². The molecule has 0 saturated carbocycles. The van der Waals surface area contributed by atoms with E-state index in [2.05, 4.69) is 42.3 Å². The van der Waals surface area contributed by atoms with Crippen molar-refractivity contribution < 1.29 is 0 Å². The average Bonchev–Trinajstić information content (AvgIpc) is 2.45. The predicted octanol–water partition coefficient (Wildman–Crippen LogP) is 1.51. The smallest absolute Gasteiger partial charge is 0.144 e. The first-order valence-corrected chi connectivity index (χ1v) is 7.03. The molecule has 0 amide bonds. The number of hydrogen-bond donors (Lipinski definition) is 1. The van der Waals surface area contributed by atoms with Crippen molar-refractivity contribution in [2.24, 2.45) is 0 Å². The molecule has 1 atom stereocenters. The molecule has 110 valence electrons. The van der Waals surface area contributed by atoms with E-state index in [9.17, 15) is 5.26 Å². The molecule has 0 saturated heterocycles. The van der Waals surface area contributed by atoms with E-state index in [1.807, 2.05) is 37.4 Å². The lowest BCUT2D eigenvalue weighted by Crippen LogP contribution is -2.48. The Morgan fingerprint density at radius 1 is 1.15 bits per heavy atom. The van der Waals surface area contributed by atoms with Crippen molar-refractivity contribution in [1.29, 1.82) is 5.26 Å². The summed E-state index contributed by atoms with van der Waals surface area (Å²) in [7, 11) is 8.08. The fraction of sp³-hybridized carbons (Fsp3) is 0.562. The molecular weight excluding hydrogens is 248 g/mol. The summed E-state index contributed by atoms with van der Waals surface area (Å²) >= 11 is 0. The van der Waals surface area contributed by atoms with Crippen LogP contribution in [0.5, 0.6) is 0 Å². The largest absolute Gasteiger partial charge is 0.309 e. The van der Waals surface area contributed by atoms with Crippen molar-refractivity contribution >= 4 is 0 Å². The summed E-state index contributed by atoms with van der Waals surface area (Å²) in [5.41, 5.74) is 0.373. The van der Waals surface area contributed by atoms with Crippen molar-refractivity contribution in [3.05, 3.63) is 35.9 Å². The molecule has 0 heterocycles. The van der Waals surface area contributed by atoms with Crippen molar-refractivity contribution in [3.8, 4) is 6.07 Å². The van der Waals surface area contributed by atoms with E-state index >= 15 is 0 Å². The second-order valence-electron chi connectivity index (χ2n) is 5.53. The van der Waals surface area contributed by atoms with Crippen LogP contribution in [-0.2, 0) is 5.54 Å². The van der Waals surface area contributed by atoms with Gasteiger partial charge in [-0.1, -0.05) is 30.3 Å². The fourth-order valence-corrected chi connectivity index (χ4v) is 2.33. The van der Waals surface area contributed by atoms with Gasteiger partial charge < -0.3 is 9.80 Å². The van der Waals surface area contributed by atoms with Crippen molar-refractivity contribution in [2.45, 2.75) is 12.0 Å². The van der Waals surface area contributed by atoms with Gasteiger partial charge in [0.15, 0.2) is 0 Å². The van der Waals surface area contributed by atoms with Gasteiger partial charge in [0.05, 0.1) is 6.07 Å². The minimum absolute atomic E-state index is 0.645. The minimum Gasteiger partial charge on any atom is -0.309 e. The second kappa shape index (κ2) is 8.01. The molecule has 0 spiro atoms. The van der Waals surface area contributed by atoms with E-state index in [1.54, 1.807) is 0 Å². The number of nitrogens with zero attached hydrogens (tertiary/aromatic N) is 3. The Morgan fingerprint density at radius 2 is 1.80 bits per heavy atom. The zero-order valence-electron chi connectivity index (χ0n) is 13.1. The highest BCUT2D eigenvalue weighted by molar-refractivity contribution is 5.31. The molecular formula is C16H26N4. The molecule has 1 aromatic rings. The Balaban J connectivity index is 2.70. The van der Waals surface area contributed by atoms with Gasteiger partial charge in [0, 0.05) is 6.54 Å². The minimum atomic E-state index is -0.645. The van der Waals surface area contributed by atoms with Gasteiger partial charge in [0.25, 0.3) is 0 Å². The van der Waals surface area contributed by atoms with Gasteiger partial charge in [-0.15, -0.1) is 0 Å². The lowest BCUT2D eigenvalue weighted by Gasteiger charge is -2.31. The highest BCUT2D eigenvalue weighted by Crippen LogP contribution is 2.21. The van der Waals surface area contributed by atoms with Gasteiger partial charge in [0.1, 0.15) is 5.54 Å². The SMILES string of the molecule is CNC(C#N)(CN(C)CCCN(C)C)c1ccccc1. The van der Waals surface area contributed by atoms with E-state index < -0.39 is 5.54 Å². The van der Waals surface area contributed by atoms with Crippen LogP contribution in [0.3, 0.4) is 0 Å². The average molecular weight is 274 g/mol. The molecule has 0 radical (unpaired) electrons. The summed E-state index contributed by atoms with van der Waals surface area (Å²) in [6, 6.07) is 12.4. The summed E-state index contributed by atoms with van der Waals surface area (Å²) in [5, 5.41) is 12.8. The molecule has 1 unspecified atom stereocenters. The monoisotopic (exact) mass is 274 g/mol. The van der Waals surface area contributed by atoms with Gasteiger partial charge >= 0.3 is 0 Å². The first-order valence-electron chi connectivity index (χ1n) is 7.03. The summed E-state index contributed by atoms with van der Waals surface area (Å²) in [6.07, 6.45) is 1.10. The first-order chi connectivity index (χ1) is 9.54. The van der Waals surface area contributed by atoms with E-state index in [4.69, 9.17) is 0 Å². The van der Waals surface area contributed by atoms with Crippen molar-refractivity contribution in [1.82, 2.24) is 15.1 Å². The maximum Gasteiger partial charge on any atom is 0.144 e. The molecule has 0 aromatic heterocycles. The third-order valence-electron chi connectivity index (χ3n) is 3.54. The summed E-state index contributed by atoms with van der Waals surface area (Å²) in [6.45, 7) is 2.72. The maximum atomic E-state index is 9.65. The first kappa shape index (κ1) is 16.6. The molecule has 1 aromatic carbocycles. The van der Waals surface area contributed by atoms with Crippen LogP contribution in [0.4, 0.5) is 0 Å². The number of benzene rings is 1. The fourth-order valence-electron chi connectivity index (χ4n) is 2.33. The van der Waals surface area contributed by atoms with Gasteiger partial charge in [-0.25, -0.2) is 0 Å². The molecule has 4 heteroatoms. The topological polar surface area (TPSA) is 42.3 Å². The summed E-state index contributed by atoms with van der Waals surface area (Å²) in [4.78, 5) is 4.40. The lowest BCUT2D eigenvalue weighted by molar-refractivity contribution is 0.244. The molecule has 0 aliphatic carbocycles. The van der Waals surface area contributed by atoms with Gasteiger partial charge in [-0.3, -0.25) is 5.32 Å². The molecule has 0 fully saturated rings. The Kier molecular flexibility index (Phi) is 6.66. The predicted molar refractivity (Wildman–Crippen MR) is 83.5 cm³/mol. The Morgan fingerprint density at radius 3 is 2.30 bits per heavy atom. The third-order valence-corrected chi connectivity index (χ3v) is 3.54. The Bertz CT molecular complexity index is 424. The Hall–Kier alpha value is -1.41. The van der Waals surface area contributed by atoms with Crippen LogP contribution in [0.25, 0.3) is 0 Å². The van der Waals surface area contributed by atoms with Crippen LogP contribution in [0.2, 0.25) is 0 Å². The van der Waals surface area contributed by atoms with Crippen LogP contribution in [0, 0.1) is 11.3 Å². The van der Waals surface area contributed by atoms with Crippen LogP contribution in [-0.4, -0.2) is 57.6 Å². The molecule has 20 heavy (non-hydrogen) atoms. The van der Waals surface area contributed by atoms with Crippen LogP contribution in [0.1, 0.15) is 12.0 Å². The summed E-state index contributed by atoms with van der Waals surface area (Å²) in [5.74, 6) is 0.